The molecule has 0 aliphatic heterocycles. The zero-order chi connectivity index (χ0) is 25.5. The highest BCUT2D eigenvalue weighted by molar-refractivity contribution is 6.23. The van der Waals surface area contributed by atoms with Crippen LogP contribution in [-0.2, 0) is 0 Å². The van der Waals surface area contributed by atoms with Gasteiger partial charge in [-0.15, -0.1) is 0 Å². The lowest BCUT2D eigenvalue weighted by atomic mass is 9.83. The first-order valence-corrected chi connectivity index (χ1v) is 13.0. The molecular weight excluding hydrogens is 460 g/mol. The molecule has 0 fully saturated rings. The van der Waals surface area contributed by atoms with Crippen LogP contribution in [0.3, 0.4) is 0 Å². The number of fused-ring (bicyclic) bond motifs is 3. The van der Waals surface area contributed by atoms with E-state index in [1.165, 1.54) is 65.7 Å². The third-order valence-electron chi connectivity index (χ3n) is 7.55. The van der Waals surface area contributed by atoms with Gasteiger partial charge >= 0.3 is 0 Å². The zero-order valence-electron chi connectivity index (χ0n) is 21.2. The van der Waals surface area contributed by atoms with E-state index in [0.717, 1.165) is 5.75 Å². The summed E-state index contributed by atoms with van der Waals surface area (Å²) in [5.74, 6) is 0.857. The van der Waals surface area contributed by atoms with Crippen molar-refractivity contribution in [1.82, 2.24) is 0 Å². The molecule has 0 saturated heterocycles. The van der Waals surface area contributed by atoms with Crippen LogP contribution in [0.5, 0.6) is 5.75 Å². The van der Waals surface area contributed by atoms with E-state index < -0.39 is 0 Å². The molecule has 7 aromatic carbocycles. The lowest BCUT2D eigenvalue weighted by Gasteiger charge is -2.20. The molecule has 0 amide bonds. The normalized spacial score (nSPS) is 11.3. The summed E-state index contributed by atoms with van der Waals surface area (Å²) in [5.41, 5.74) is 7.36. The molecule has 0 aromatic heterocycles. The lowest BCUT2D eigenvalue weighted by molar-refractivity contribution is 0.415. The largest absolute Gasteiger partial charge is 0.497 e. The van der Waals surface area contributed by atoms with Crippen molar-refractivity contribution in [2.75, 3.05) is 7.11 Å². The number of ether oxygens (including phenoxy) is 1. The monoisotopic (exact) mass is 486 g/mol. The maximum atomic E-state index is 5.74. The quantitative estimate of drug-likeness (QED) is 0.225. The highest BCUT2D eigenvalue weighted by atomic mass is 16.5. The van der Waals surface area contributed by atoms with E-state index in [4.69, 9.17) is 4.74 Å². The molecule has 7 rings (SSSR count). The summed E-state index contributed by atoms with van der Waals surface area (Å²) in [6, 6.07) is 50.1. The molecule has 1 heteroatoms. The molecule has 0 bridgehead atoms. The second-order valence-electron chi connectivity index (χ2n) is 9.68. The van der Waals surface area contributed by atoms with Gasteiger partial charge in [0.1, 0.15) is 5.75 Å². The molecule has 180 valence electrons. The molecule has 0 N–H and O–H groups in total. The van der Waals surface area contributed by atoms with Gasteiger partial charge in [-0.2, -0.15) is 0 Å². The van der Waals surface area contributed by atoms with Crippen LogP contribution in [0, 0.1) is 0 Å². The fourth-order valence-electron chi connectivity index (χ4n) is 5.80. The van der Waals surface area contributed by atoms with Crippen LogP contribution in [0.2, 0.25) is 0 Å². The molecule has 0 radical (unpaired) electrons. The van der Waals surface area contributed by atoms with Crippen LogP contribution in [0.15, 0.2) is 140 Å². The highest BCUT2D eigenvalue weighted by Crippen LogP contribution is 2.47. The fraction of sp³-hybridized carbons (Fsp3) is 0.0270. The lowest BCUT2D eigenvalue weighted by Crippen LogP contribution is -1.93. The van der Waals surface area contributed by atoms with E-state index in [1.54, 1.807) is 7.11 Å². The number of rotatable bonds is 4. The Morgan fingerprint density at radius 2 is 1.03 bits per heavy atom. The van der Waals surface area contributed by atoms with Crippen LogP contribution < -0.4 is 4.74 Å². The predicted molar refractivity (Wildman–Crippen MR) is 162 cm³/mol. The van der Waals surface area contributed by atoms with Gasteiger partial charge in [0.15, 0.2) is 0 Å². The van der Waals surface area contributed by atoms with Gasteiger partial charge in [-0.3, -0.25) is 0 Å². The van der Waals surface area contributed by atoms with Crippen molar-refractivity contribution < 1.29 is 4.74 Å². The summed E-state index contributed by atoms with van der Waals surface area (Å²) in [5, 5.41) is 7.39. The van der Waals surface area contributed by atoms with Crippen LogP contribution in [0.25, 0.3) is 65.7 Å². The van der Waals surface area contributed by atoms with Crippen molar-refractivity contribution in [3.8, 4) is 39.1 Å². The topological polar surface area (TPSA) is 9.23 Å². The fourth-order valence-corrected chi connectivity index (χ4v) is 5.80. The molecule has 0 aliphatic rings. The molecule has 0 unspecified atom stereocenters. The van der Waals surface area contributed by atoms with Gasteiger partial charge in [-0.05, 0) is 83.9 Å². The second-order valence-corrected chi connectivity index (χ2v) is 9.68. The second kappa shape index (κ2) is 9.21. The standard InChI is InChI=1S/C37H26O/c1-38-29-21-22-34-35(24-29)37(31-16-8-7-15-30(31)26-12-3-2-4-13-26)33-18-10-9-17-32(33)36(34)28-20-19-25-11-5-6-14-27(25)23-28/h2-24H,1H3. The average Bonchev–Trinajstić information content (AvgIpc) is 2.99. The van der Waals surface area contributed by atoms with Crippen molar-refractivity contribution in [1.29, 1.82) is 0 Å². The Hall–Kier alpha value is -4.88. The third-order valence-corrected chi connectivity index (χ3v) is 7.55. The van der Waals surface area contributed by atoms with E-state index in [0.29, 0.717) is 0 Å². The van der Waals surface area contributed by atoms with Crippen molar-refractivity contribution in [2.45, 2.75) is 0 Å². The minimum atomic E-state index is 0.857. The van der Waals surface area contributed by atoms with Gasteiger partial charge in [-0.25, -0.2) is 0 Å². The van der Waals surface area contributed by atoms with Crippen LogP contribution in [0.1, 0.15) is 0 Å². The van der Waals surface area contributed by atoms with Crippen molar-refractivity contribution in [2.24, 2.45) is 0 Å². The summed E-state index contributed by atoms with van der Waals surface area (Å²) in [6.07, 6.45) is 0. The van der Waals surface area contributed by atoms with E-state index in [9.17, 15) is 0 Å². The van der Waals surface area contributed by atoms with E-state index >= 15 is 0 Å². The molecule has 0 spiro atoms. The predicted octanol–water partition coefficient (Wildman–Crippen LogP) is 10.2. The van der Waals surface area contributed by atoms with Gasteiger partial charge in [0.05, 0.1) is 7.11 Å². The average molecular weight is 487 g/mol. The van der Waals surface area contributed by atoms with Gasteiger partial charge in [0.2, 0.25) is 0 Å². The number of hydrogen-bond acceptors (Lipinski definition) is 1. The maximum Gasteiger partial charge on any atom is 0.119 e. The molecule has 0 aliphatic carbocycles. The molecule has 38 heavy (non-hydrogen) atoms. The van der Waals surface area contributed by atoms with Gasteiger partial charge < -0.3 is 4.74 Å². The van der Waals surface area contributed by atoms with Crippen molar-refractivity contribution in [3.63, 3.8) is 0 Å². The van der Waals surface area contributed by atoms with Crippen molar-refractivity contribution in [3.05, 3.63) is 140 Å². The molecule has 0 atom stereocenters. The number of methoxy groups -OCH3 is 1. The minimum absolute atomic E-state index is 0.857. The Morgan fingerprint density at radius 3 is 1.82 bits per heavy atom. The first-order chi connectivity index (χ1) is 18.8. The van der Waals surface area contributed by atoms with Crippen LogP contribution in [0.4, 0.5) is 0 Å². The Labute approximate surface area is 222 Å². The zero-order valence-corrected chi connectivity index (χ0v) is 21.2. The molecular formula is C37H26O. The summed E-state index contributed by atoms with van der Waals surface area (Å²) in [7, 11) is 1.74. The molecule has 1 nitrogen and oxygen atoms in total. The Morgan fingerprint density at radius 1 is 0.395 bits per heavy atom. The summed E-state index contributed by atoms with van der Waals surface area (Å²) < 4.78 is 5.74. The Bertz CT molecular complexity index is 1950. The number of benzene rings is 7. The first kappa shape index (κ1) is 22.3. The maximum absolute atomic E-state index is 5.74. The summed E-state index contributed by atoms with van der Waals surface area (Å²) in [4.78, 5) is 0. The summed E-state index contributed by atoms with van der Waals surface area (Å²) >= 11 is 0. The van der Waals surface area contributed by atoms with Crippen molar-refractivity contribution >= 4 is 32.3 Å². The first-order valence-electron chi connectivity index (χ1n) is 13.0. The number of hydrogen-bond donors (Lipinski definition) is 0. The minimum Gasteiger partial charge on any atom is -0.497 e. The van der Waals surface area contributed by atoms with Gasteiger partial charge in [0, 0.05) is 0 Å². The smallest absolute Gasteiger partial charge is 0.119 e. The summed E-state index contributed by atoms with van der Waals surface area (Å²) in [6.45, 7) is 0. The molecule has 0 saturated carbocycles. The van der Waals surface area contributed by atoms with Gasteiger partial charge in [-0.1, -0.05) is 121 Å². The molecule has 0 heterocycles. The molecule has 7 aromatic rings. The van der Waals surface area contributed by atoms with Gasteiger partial charge in [0.25, 0.3) is 0 Å². The third kappa shape index (κ3) is 3.64. The van der Waals surface area contributed by atoms with Crippen LogP contribution in [-0.4, -0.2) is 7.11 Å². The Kier molecular flexibility index (Phi) is 5.41. The van der Waals surface area contributed by atoms with E-state index in [-0.39, 0.29) is 0 Å². The SMILES string of the molecule is COc1ccc2c(-c3ccc4ccccc4c3)c3ccccc3c(-c3ccccc3-c3ccccc3)c2c1. The van der Waals surface area contributed by atoms with E-state index in [2.05, 4.69) is 140 Å². The van der Waals surface area contributed by atoms with E-state index in [1.807, 2.05) is 0 Å². The highest BCUT2D eigenvalue weighted by Gasteiger charge is 2.19. The van der Waals surface area contributed by atoms with Crippen LogP contribution >= 0.6 is 0 Å². The Balaban J connectivity index is 1.63.